The molecule has 1 atom stereocenters. The first-order valence-corrected chi connectivity index (χ1v) is 7.28. The van der Waals surface area contributed by atoms with Crippen LogP contribution in [-0.2, 0) is 11.2 Å². The molecule has 0 aliphatic carbocycles. The second kappa shape index (κ2) is 5.61. The molecule has 1 aromatic carbocycles. The Hall–Kier alpha value is -1.08. The van der Waals surface area contributed by atoms with Gasteiger partial charge in [0.2, 0.25) is 5.91 Å². The number of hydrazine groups is 1. The monoisotopic (exact) mass is 364 g/mol. The summed E-state index contributed by atoms with van der Waals surface area (Å²) in [5.74, 6) is -0.383. The van der Waals surface area contributed by atoms with Crippen LogP contribution in [0.5, 0.6) is 0 Å². The molecule has 0 spiro atoms. The van der Waals surface area contributed by atoms with E-state index in [4.69, 9.17) is 0 Å². The molecule has 1 saturated heterocycles. The smallest absolute Gasteiger partial charge is 0.288 e. The average Bonchev–Trinajstić information content (AvgIpc) is 2.59. The maximum atomic E-state index is 13.3. The van der Waals surface area contributed by atoms with Crippen LogP contribution < -0.4 is 5.43 Å². The summed E-state index contributed by atoms with van der Waals surface area (Å²) in [6, 6.07) is 5.01. The summed E-state index contributed by atoms with van der Waals surface area (Å²) in [5.41, 5.74) is 2.09. The van der Waals surface area contributed by atoms with Gasteiger partial charge in [-0.3, -0.25) is 10.2 Å². The van der Waals surface area contributed by atoms with Crippen molar-refractivity contribution in [2.24, 2.45) is 5.41 Å². The minimum atomic E-state index is -4.42. The SMILES string of the molecule is CC1(C)CN([C@@H](Cc2cccc(Br)c2)C(F)(F)F)NC1=O. The van der Waals surface area contributed by atoms with Crippen LogP contribution in [0.2, 0.25) is 0 Å². The van der Waals surface area contributed by atoms with Crippen molar-refractivity contribution in [2.45, 2.75) is 32.5 Å². The van der Waals surface area contributed by atoms with Gasteiger partial charge in [-0.05, 0) is 38.0 Å². The lowest BCUT2D eigenvalue weighted by atomic mass is 9.94. The summed E-state index contributed by atoms with van der Waals surface area (Å²) in [5, 5.41) is 1.00. The number of nitrogens with one attached hydrogen (secondary N) is 1. The molecule has 0 bridgehead atoms. The number of carbonyl (C=O) groups is 1. The minimum absolute atomic E-state index is 0.0318. The molecule has 116 valence electrons. The highest BCUT2D eigenvalue weighted by Crippen LogP contribution is 2.32. The van der Waals surface area contributed by atoms with Gasteiger partial charge in [-0.25, -0.2) is 5.01 Å². The fourth-order valence-electron chi connectivity index (χ4n) is 2.30. The second-order valence-electron chi connectivity index (χ2n) is 5.84. The Kier molecular flexibility index (Phi) is 4.35. The van der Waals surface area contributed by atoms with Crippen molar-refractivity contribution in [3.05, 3.63) is 34.3 Å². The second-order valence-corrected chi connectivity index (χ2v) is 6.76. The molecule has 0 saturated carbocycles. The number of hydrogen-bond donors (Lipinski definition) is 1. The molecular formula is C14H16BrF3N2O. The van der Waals surface area contributed by atoms with Gasteiger partial charge in [-0.15, -0.1) is 0 Å². The molecule has 1 aliphatic rings. The highest BCUT2D eigenvalue weighted by Gasteiger charge is 2.50. The quantitative estimate of drug-likeness (QED) is 0.892. The Morgan fingerprint density at radius 1 is 1.43 bits per heavy atom. The summed E-state index contributed by atoms with van der Waals surface area (Å²) in [6.45, 7) is 3.30. The zero-order valence-electron chi connectivity index (χ0n) is 11.7. The maximum Gasteiger partial charge on any atom is 0.406 e. The third kappa shape index (κ3) is 3.77. The Morgan fingerprint density at radius 3 is 2.57 bits per heavy atom. The Labute approximate surface area is 129 Å². The first-order chi connectivity index (χ1) is 9.59. The lowest BCUT2D eigenvalue weighted by Gasteiger charge is -2.29. The first kappa shape index (κ1) is 16.3. The van der Waals surface area contributed by atoms with Crippen molar-refractivity contribution in [2.75, 3.05) is 6.54 Å². The molecule has 1 amide bonds. The van der Waals surface area contributed by atoms with E-state index in [9.17, 15) is 18.0 Å². The van der Waals surface area contributed by atoms with Crippen LogP contribution in [0.4, 0.5) is 13.2 Å². The van der Waals surface area contributed by atoms with Crippen LogP contribution in [0, 0.1) is 5.41 Å². The normalized spacial score (nSPS) is 20.4. The van der Waals surface area contributed by atoms with Crippen LogP contribution in [0.15, 0.2) is 28.7 Å². The van der Waals surface area contributed by atoms with Gasteiger partial charge < -0.3 is 0 Å². The fraction of sp³-hybridized carbons (Fsp3) is 0.500. The van der Waals surface area contributed by atoms with Gasteiger partial charge in [-0.2, -0.15) is 13.2 Å². The van der Waals surface area contributed by atoms with E-state index in [2.05, 4.69) is 21.4 Å². The van der Waals surface area contributed by atoms with E-state index in [1.807, 2.05) is 0 Å². The molecule has 1 heterocycles. The zero-order chi connectivity index (χ0) is 15.8. The Bertz CT molecular complexity index is 545. The molecule has 7 heteroatoms. The van der Waals surface area contributed by atoms with Crippen molar-refractivity contribution >= 4 is 21.8 Å². The van der Waals surface area contributed by atoms with Gasteiger partial charge in [0.15, 0.2) is 0 Å². The first-order valence-electron chi connectivity index (χ1n) is 6.48. The van der Waals surface area contributed by atoms with Gasteiger partial charge in [0, 0.05) is 11.0 Å². The van der Waals surface area contributed by atoms with Gasteiger partial charge in [0.1, 0.15) is 6.04 Å². The minimum Gasteiger partial charge on any atom is -0.288 e. The molecule has 1 N–H and O–H groups in total. The van der Waals surface area contributed by atoms with Crippen LogP contribution in [-0.4, -0.2) is 29.7 Å². The molecule has 0 radical (unpaired) electrons. The van der Waals surface area contributed by atoms with Gasteiger partial charge >= 0.3 is 6.18 Å². The molecule has 2 rings (SSSR count). The third-order valence-electron chi connectivity index (χ3n) is 3.50. The standard InChI is InChI=1S/C14H16BrF3N2O/c1-13(2)8-20(19-12(13)21)11(14(16,17)18)7-9-4-3-5-10(15)6-9/h3-6,11H,7-8H2,1-2H3,(H,19,21)/t11-/m0/s1. The molecule has 0 unspecified atom stereocenters. The van der Waals surface area contributed by atoms with Crippen molar-refractivity contribution in [1.29, 1.82) is 0 Å². The summed E-state index contributed by atoms with van der Waals surface area (Å²) in [6.07, 6.45) is -4.63. The fourth-order valence-corrected chi connectivity index (χ4v) is 2.74. The molecule has 3 nitrogen and oxygen atoms in total. The van der Waals surface area contributed by atoms with E-state index in [1.54, 1.807) is 38.1 Å². The number of nitrogens with zero attached hydrogens (tertiary/aromatic N) is 1. The lowest BCUT2D eigenvalue weighted by Crippen LogP contribution is -2.51. The Balaban J connectivity index is 2.23. The van der Waals surface area contributed by atoms with Crippen LogP contribution in [0.25, 0.3) is 0 Å². The molecule has 21 heavy (non-hydrogen) atoms. The number of benzene rings is 1. The maximum absolute atomic E-state index is 13.3. The van der Waals surface area contributed by atoms with E-state index >= 15 is 0 Å². The summed E-state index contributed by atoms with van der Waals surface area (Å²) in [7, 11) is 0. The molecule has 1 aromatic rings. The highest BCUT2D eigenvalue weighted by molar-refractivity contribution is 9.10. The van der Waals surface area contributed by atoms with Crippen LogP contribution >= 0.6 is 15.9 Å². The topological polar surface area (TPSA) is 32.3 Å². The zero-order valence-corrected chi connectivity index (χ0v) is 13.3. The van der Waals surface area contributed by atoms with Crippen molar-refractivity contribution in [3.8, 4) is 0 Å². The summed E-state index contributed by atoms with van der Waals surface area (Å²) < 4.78 is 40.7. The summed E-state index contributed by atoms with van der Waals surface area (Å²) in [4.78, 5) is 11.7. The molecule has 1 fully saturated rings. The summed E-state index contributed by atoms with van der Waals surface area (Å²) >= 11 is 3.25. The predicted octanol–water partition coefficient (Wildman–Crippen LogP) is 3.30. The van der Waals surface area contributed by atoms with E-state index in [0.29, 0.717) is 5.56 Å². The van der Waals surface area contributed by atoms with E-state index in [1.165, 1.54) is 0 Å². The van der Waals surface area contributed by atoms with Crippen molar-refractivity contribution in [3.63, 3.8) is 0 Å². The number of alkyl halides is 3. The predicted molar refractivity (Wildman–Crippen MR) is 76.3 cm³/mol. The largest absolute Gasteiger partial charge is 0.406 e. The van der Waals surface area contributed by atoms with Gasteiger partial charge in [-0.1, -0.05) is 28.1 Å². The number of carbonyl (C=O) groups excluding carboxylic acids is 1. The van der Waals surface area contributed by atoms with Crippen molar-refractivity contribution in [1.82, 2.24) is 10.4 Å². The number of rotatable bonds is 3. The third-order valence-corrected chi connectivity index (χ3v) is 3.99. The molecular weight excluding hydrogens is 349 g/mol. The molecule has 0 aromatic heterocycles. The Morgan fingerprint density at radius 2 is 2.10 bits per heavy atom. The number of hydrogen-bond acceptors (Lipinski definition) is 2. The van der Waals surface area contributed by atoms with E-state index in [0.717, 1.165) is 9.48 Å². The number of amides is 1. The molecule has 1 aliphatic heterocycles. The van der Waals surface area contributed by atoms with Gasteiger partial charge in [0.05, 0.1) is 5.41 Å². The van der Waals surface area contributed by atoms with Gasteiger partial charge in [0.25, 0.3) is 0 Å². The van der Waals surface area contributed by atoms with E-state index in [-0.39, 0.29) is 18.9 Å². The lowest BCUT2D eigenvalue weighted by molar-refractivity contribution is -0.188. The average molecular weight is 365 g/mol. The van der Waals surface area contributed by atoms with Crippen LogP contribution in [0.1, 0.15) is 19.4 Å². The number of halogens is 4. The highest BCUT2D eigenvalue weighted by atomic mass is 79.9. The van der Waals surface area contributed by atoms with Crippen LogP contribution in [0.3, 0.4) is 0 Å². The van der Waals surface area contributed by atoms with E-state index < -0.39 is 17.6 Å². The van der Waals surface area contributed by atoms with Crippen molar-refractivity contribution < 1.29 is 18.0 Å².